The van der Waals surface area contributed by atoms with Gasteiger partial charge in [0.1, 0.15) is 28.8 Å². The van der Waals surface area contributed by atoms with Crippen LogP contribution < -0.4 is 5.32 Å². The maximum absolute atomic E-state index is 14.3. The van der Waals surface area contributed by atoms with Crippen molar-refractivity contribution in [3.8, 4) is 10.7 Å². The molecule has 3 aliphatic rings. The summed E-state index contributed by atoms with van der Waals surface area (Å²) < 4.78 is 32.9. The number of carbonyl (C=O) groups is 3. The van der Waals surface area contributed by atoms with E-state index in [1.165, 1.54) is 18.3 Å². The van der Waals surface area contributed by atoms with Crippen LogP contribution in [0.3, 0.4) is 0 Å². The lowest BCUT2D eigenvalue weighted by Crippen LogP contribution is -2.60. The highest BCUT2D eigenvalue weighted by Crippen LogP contribution is 2.39. The average molecular weight is 806 g/mol. The molecule has 17 heteroatoms. The number of hydrogen-bond acceptors (Lipinski definition) is 15. The monoisotopic (exact) mass is 805 g/mol. The third kappa shape index (κ3) is 9.45. The molecule has 2 aromatic rings. The molecule has 314 valence electrons. The Hall–Kier alpha value is -3.06. The zero-order valence-corrected chi connectivity index (χ0v) is 35.7. The number of aliphatic hydroxyl groups is 1. The summed E-state index contributed by atoms with van der Waals surface area (Å²) in [5.41, 5.74) is -1.55. The lowest BCUT2D eigenvalue weighted by atomic mass is 9.78. The highest BCUT2D eigenvalue weighted by atomic mass is 32.1. The molecule has 5 heterocycles. The van der Waals surface area contributed by atoms with Crippen LogP contribution in [-0.4, -0.2) is 147 Å². The summed E-state index contributed by atoms with van der Waals surface area (Å²) in [6, 6.07) is -1.02. The van der Waals surface area contributed by atoms with Crippen molar-refractivity contribution in [1.82, 2.24) is 35.1 Å². The molecule has 0 radical (unpaired) electrons. The van der Waals surface area contributed by atoms with E-state index in [9.17, 15) is 19.5 Å². The zero-order valence-electron chi connectivity index (χ0n) is 34.8. The number of hydrogen-bond donors (Lipinski definition) is 2. The van der Waals surface area contributed by atoms with E-state index in [1.807, 2.05) is 51.3 Å². The van der Waals surface area contributed by atoms with Gasteiger partial charge in [0.2, 0.25) is 0 Å². The van der Waals surface area contributed by atoms with Gasteiger partial charge in [-0.15, -0.1) is 16.4 Å². The van der Waals surface area contributed by atoms with Crippen LogP contribution in [0.1, 0.15) is 81.1 Å². The average Bonchev–Trinajstić information content (AvgIpc) is 3.91. The molecule has 13 atom stereocenters. The maximum Gasteiger partial charge on any atom is 0.410 e. The predicted octanol–water partition coefficient (Wildman–Crippen LogP) is 3.77. The number of likely N-dealkylation sites (N-methyl/N-ethyl adjacent to an activating group) is 1. The molecule has 0 saturated carbocycles. The van der Waals surface area contributed by atoms with E-state index >= 15 is 0 Å². The van der Waals surface area contributed by atoms with Crippen molar-refractivity contribution in [2.24, 2.45) is 17.8 Å². The minimum atomic E-state index is -1.23. The van der Waals surface area contributed by atoms with Crippen LogP contribution in [0.2, 0.25) is 0 Å². The van der Waals surface area contributed by atoms with E-state index < -0.39 is 71.5 Å². The molecule has 3 aliphatic heterocycles. The van der Waals surface area contributed by atoms with E-state index in [0.717, 1.165) is 17.1 Å². The third-order valence-corrected chi connectivity index (χ3v) is 12.9. The van der Waals surface area contributed by atoms with Crippen LogP contribution >= 0.6 is 11.3 Å². The Morgan fingerprint density at radius 1 is 1.09 bits per heavy atom. The number of unbranched alkanes of at least 4 members (excludes halogenated alkanes) is 1. The number of nitrogens with zero attached hydrogens (tertiary/aromatic N) is 6. The van der Waals surface area contributed by atoms with Gasteiger partial charge in [0.25, 0.3) is 0 Å². The van der Waals surface area contributed by atoms with Crippen LogP contribution in [0.4, 0.5) is 4.79 Å². The number of carbonyl (C=O) groups excluding carboxylic acids is 3. The third-order valence-electron chi connectivity index (χ3n) is 12.1. The van der Waals surface area contributed by atoms with E-state index in [4.69, 9.17) is 23.7 Å². The lowest BCUT2D eigenvalue weighted by Gasteiger charge is -2.46. The highest BCUT2D eigenvalue weighted by molar-refractivity contribution is 7.13. The molecule has 3 saturated heterocycles. The van der Waals surface area contributed by atoms with Gasteiger partial charge in [-0.1, -0.05) is 19.1 Å². The topological polar surface area (TPSA) is 180 Å². The summed E-state index contributed by atoms with van der Waals surface area (Å²) in [5.74, 6) is -3.16. The Labute approximate surface area is 334 Å². The van der Waals surface area contributed by atoms with E-state index in [2.05, 4.69) is 27.5 Å². The van der Waals surface area contributed by atoms with Crippen LogP contribution in [0, 0.1) is 17.8 Å². The molecule has 2 aromatic heterocycles. The van der Waals surface area contributed by atoms with Crippen molar-refractivity contribution in [2.45, 2.75) is 148 Å². The summed E-state index contributed by atoms with van der Waals surface area (Å²) in [6.07, 6.45) is 1.57. The number of rotatable bonds is 10. The minimum absolute atomic E-state index is 0.00557. The van der Waals surface area contributed by atoms with Gasteiger partial charge in [0.05, 0.1) is 30.0 Å². The number of Topliss-reactive ketones (excluding diaryl/α,β-unsaturated/α-hetero) is 1. The largest absolute Gasteiger partial charge is 0.458 e. The summed E-state index contributed by atoms with van der Waals surface area (Å²) in [6.45, 7) is 16.2. The highest BCUT2D eigenvalue weighted by Gasteiger charge is 2.58. The van der Waals surface area contributed by atoms with Crippen LogP contribution in [0.25, 0.3) is 10.7 Å². The first-order valence-electron chi connectivity index (χ1n) is 19.9. The number of ether oxygens (including phenoxy) is 5. The Balaban J connectivity index is 1.36. The van der Waals surface area contributed by atoms with Crippen LogP contribution in [0.15, 0.2) is 17.8 Å². The maximum atomic E-state index is 14.3. The SMILES string of the molecule is CO[C@]1(C)C[C@@H](C)CN[C@H](C)[C@H]2N(CCCCn3cc(-c4nccs4)nn3)C(=O)O[C@]2(C)[C@@H](C)OC(=O)[C@H](C)C(=O)[C@H](C)[C@H]1O[C@@H]1O[C@H](C)CC(N(C)C)C1O. The summed E-state index contributed by atoms with van der Waals surface area (Å²) in [4.78, 5) is 49.7. The number of fused-ring (bicyclic) bond motifs is 1. The van der Waals surface area contributed by atoms with E-state index in [-0.39, 0.29) is 24.1 Å². The van der Waals surface area contributed by atoms with Gasteiger partial charge in [-0.2, -0.15) is 0 Å². The van der Waals surface area contributed by atoms with Gasteiger partial charge in [0.15, 0.2) is 17.7 Å². The molecule has 0 aromatic carbocycles. The normalized spacial score (nSPS) is 37.8. The smallest absolute Gasteiger partial charge is 0.410 e. The van der Waals surface area contributed by atoms with Gasteiger partial charge < -0.3 is 39.0 Å². The molecule has 16 nitrogen and oxygen atoms in total. The molecular weight excluding hydrogens is 743 g/mol. The summed E-state index contributed by atoms with van der Waals surface area (Å²) in [7, 11) is 5.39. The van der Waals surface area contributed by atoms with Crippen LogP contribution in [0.5, 0.6) is 0 Å². The molecular formula is C39H63N7O9S. The van der Waals surface area contributed by atoms with Crippen LogP contribution in [-0.2, 0) is 39.8 Å². The van der Waals surface area contributed by atoms with Gasteiger partial charge in [0, 0.05) is 49.8 Å². The first-order valence-corrected chi connectivity index (χ1v) is 20.8. The van der Waals surface area contributed by atoms with Gasteiger partial charge in [-0.05, 0) is 93.8 Å². The molecule has 0 spiro atoms. The Bertz CT molecular complexity index is 1630. The fraction of sp³-hybridized carbons (Fsp3) is 0.795. The standard InChI is InChI=1S/C39H63N7O9S/c1-22-19-38(7,51-11)33(54-36-31(48)29(44(9)10)18-23(2)52-36)24(3)30(47)25(4)35(49)53-27(6)39(8)32(26(5)41-20-22)46(37(50)55-39)16-13-12-15-45-21-28(42-43-45)34-40-14-17-56-34/h14,17,21-27,29,31-33,36,41,48H,12-13,15-16,18-20H2,1-11H3/t22-,23-,24+,25-,26-,27-,29?,31?,32-,33-,36+,38-,39-/m1/s1. The Kier molecular flexibility index (Phi) is 14.4. The number of methoxy groups -OCH3 is 1. The second-order valence-corrected chi connectivity index (χ2v) is 17.6. The molecule has 5 rings (SSSR count). The molecule has 0 aliphatic carbocycles. The number of aromatic nitrogens is 4. The van der Waals surface area contributed by atoms with E-state index in [1.54, 1.807) is 43.7 Å². The number of cyclic esters (lactones) is 1. The van der Waals surface area contributed by atoms with Crippen molar-refractivity contribution >= 4 is 29.2 Å². The first kappa shape index (κ1) is 44.1. The molecule has 0 bridgehead atoms. The first-order chi connectivity index (χ1) is 26.4. The fourth-order valence-electron chi connectivity index (χ4n) is 8.68. The molecule has 56 heavy (non-hydrogen) atoms. The van der Waals surface area contributed by atoms with Gasteiger partial charge in [-0.25, -0.2) is 9.78 Å². The fourth-order valence-corrected chi connectivity index (χ4v) is 9.27. The molecule has 3 fully saturated rings. The number of thiazole rings is 1. The number of amides is 1. The van der Waals surface area contributed by atoms with Crippen molar-refractivity contribution in [3.05, 3.63) is 17.8 Å². The van der Waals surface area contributed by atoms with E-state index in [0.29, 0.717) is 38.9 Å². The molecule has 2 unspecified atom stereocenters. The van der Waals surface area contributed by atoms with Crippen molar-refractivity contribution in [3.63, 3.8) is 0 Å². The quantitative estimate of drug-likeness (QED) is 0.201. The summed E-state index contributed by atoms with van der Waals surface area (Å²) >= 11 is 1.50. The van der Waals surface area contributed by atoms with Gasteiger partial charge in [-0.3, -0.25) is 19.2 Å². The number of nitrogens with one attached hydrogen (secondary N) is 1. The zero-order chi connectivity index (χ0) is 41.1. The lowest BCUT2D eigenvalue weighted by molar-refractivity contribution is -0.295. The second kappa shape index (κ2) is 18.2. The summed E-state index contributed by atoms with van der Waals surface area (Å²) in [5, 5.41) is 26.2. The second-order valence-electron chi connectivity index (χ2n) is 16.7. The number of ketones is 1. The van der Waals surface area contributed by atoms with Crippen molar-refractivity contribution in [1.29, 1.82) is 0 Å². The molecule has 2 N–H and O–H groups in total. The molecule has 1 amide bonds. The number of aryl methyl sites for hydroxylation is 1. The Morgan fingerprint density at radius 3 is 2.46 bits per heavy atom. The van der Waals surface area contributed by atoms with Gasteiger partial charge >= 0.3 is 12.1 Å². The number of aliphatic hydroxyl groups excluding tert-OH is 1. The Morgan fingerprint density at radius 2 is 1.80 bits per heavy atom. The minimum Gasteiger partial charge on any atom is -0.458 e. The van der Waals surface area contributed by atoms with Crippen molar-refractivity contribution < 1.29 is 43.2 Å². The van der Waals surface area contributed by atoms with Crippen molar-refractivity contribution in [2.75, 3.05) is 34.3 Å². The number of esters is 1. The predicted molar refractivity (Wildman–Crippen MR) is 209 cm³/mol.